The van der Waals surface area contributed by atoms with Crippen molar-refractivity contribution in [1.82, 2.24) is 19.7 Å². The molecule has 3 rings (SSSR count). The topological polar surface area (TPSA) is 66.3 Å². The number of nitrogens with zero attached hydrogens (tertiary/aromatic N) is 5. The first kappa shape index (κ1) is 15.9. The maximum absolute atomic E-state index is 12.2. The second kappa shape index (κ2) is 7.10. The Morgan fingerprint density at radius 3 is 2.74 bits per heavy atom. The maximum Gasteiger partial charge on any atom is 0.239 e. The number of hydrogen-bond acceptors (Lipinski definition) is 6. The van der Waals surface area contributed by atoms with Crippen LogP contribution in [-0.2, 0) is 4.79 Å². The zero-order chi connectivity index (χ0) is 16.2. The lowest BCUT2D eigenvalue weighted by atomic mass is 10.3. The quantitative estimate of drug-likeness (QED) is 0.901. The maximum atomic E-state index is 12.2. The van der Waals surface area contributed by atoms with Gasteiger partial charge >= 0.3 is 0 Å². The van der Waals surface area contributed by atoms with Crippen LogP contribution in [-0.4, -0.2) is 58.3 Å². The Hall–Kier alpha value is -1.93. The van der Waals surface area contributed by atoms with Crippen LogP contribution in [0.1, 0.15) is 19.9 Å². The Labute approximate surface area is 139 Å². The third-order valence-corrected chi connectivity index (χ3v) is 4.69. The molecule has 1 aliphatic rings. The molecule has 1 aliphatic heterocycles. The van der Waals surface area contributed by atoms with Crippen molar-refractivity contribution < 1.29 is 4.79 Å². The number of nitrogens with one attached hydrogen (secondary N) is 1. The van der Waals surface area contributed by atoms with Crippen molar-refractivity contribution in [1.29, 1.82) is 0 Å². The third kappa shape index (κ3) is 3.89. The molecule has 2 aromatic heterocycles. The fourth-order valence-electron chi connectivity index (χ4n) is 2.68. The molecular weight excluding hydrogens is 312 g/mol. The van der Waals surface area contributed by atoms with Gasteiger partial charge in [0.1, 0.15) is 5.82 Å². The Kier molecular flexibility index (Phi) is 4.92. The summed E-state index contributed by atoms with van der Waals surface area (Å²) in [5.41, 5.74) is 0. The molecule has 8 heteroatoms. The second-order valence-corrected chi connectivity index (χ2v) is 6.75. The van der Waals surface area contributed by atoms with Gasteiger partial charge in [-0.05, 0) is 13.8 Å². The Morgan fingerprint density at radius 1 is 1.30 bits per heavy atom. The van der Waals surface area contributed by atoms with Gasteiger partial charge in [-0.15, -0.1) is 11.3 Å². The summed E-state index contributed by atoms with van der Waals surface area (Å²) in [5.74, 6) is 0.765. The van der Waals surface area contributed by atoms with Crippen molar-refractivity contribution in [2.45, 2.75) is 19.9 Å². The monoisotopic (exact) mass is 334 g/mol. The predicted octanol–water partition coefficient (Wildman–Crippen LogP) is 1.68. The van der Waals surface area contributed by atoms with Gasteiger partial charge in [0, 0.05) is 49.9 Å². The molecule has 1 N–H and O–H groups in total. The zero-order valence-corrected chi connectivity index (χ0v) is 14.3. The highest BCUT2D eigenvalue weighted by molar-refractivity contribution is 7.13. The molecule has 0 radical (unpaired) electrons. The number of carbonyl (C=O) groups excluding carboxylic acids is 1. The summed E-state index contributed by atoms with van der Waals surface area (Å²) in [6.45, 7) is 8.05. The average Bonchev–Trinajstić information content (AvgIpc) is 3.19. The molecular formula is C15H22N6OS. The molecule has 124 valence electrons. The third-order valence-electron chi connectivity index (χ3n) is 3.86. The molecule has 1 saturated heterocycles. The van der Waals surface area contributed by atoms with Crippen LogP contribution in [0.4, 0.5) is 10.9 Å². The molecule has 3 heterocycles. The van der Waals surface area contributed by atoms with E-state index in [0.717, 1.165) is 37.1 Å². The van der Waals surface area contributed by atoms with Crippen LogP contribution < -0.4 is 10.2 Å². The minimum Gasteiger partial charge on any atom is -0.346 e. The molecule has 0 spiro atoms. The van der Waals surface area contributed by atoms with Crippen LogP contribution >= 0.6 is 11.3 Å². The van der Waals surface area contributed by atoms with Crippen LogP contribution in [0.25, 0.3) is 0 Å². The van der Waals surface area contributed by atoms with Crippen LogP contribution in [0.2, 0.25) is 0 Å². The minimum atomic E-state index is 0.00935. The Bertz CT molecular complexity index is 630. The van der Waals surface area contributed by atoms with E-state index in [1.165, 1.54) is 0 Å². The number of hydrogen-bond donors (Lipinski definition) is 1. The molecule has 7 nitrogen and oxygen atoms in total. The molecule has 0 atom stereocenters. The van der Waals surface area contributed by atoms with Gasteiger partial charge in [0.25, 0.3) is 0 Å². The number of thiazole rings is 1. The summed E-state index contributed by atoms with van der Waals surface area (Å²) < 4.78 is 1.82. The van der Waals surface area contributed by atoms with Crippen LogP contribution in [0.3, 0.4) is 0 Å². The van der Waals surface area contributed by atoms with Gasteiger partial charge in [-0.3, -0.25) is 9.69 Å². The van der Waals surface area contributed by atoms with Gasteiger partial charge in [-0.2, -0.15) is 5.10 Å². The molecule has 0 aliphatic carbocycles. The number of amides is 1. The van der Waals surface area contributed by atoms with Crippen molar-refractivity contribution in [3.8, 4) is 0 Å². The number of piperazine rings is 1. The molecule has 23 heavy (non-hydrogen) atoms. The summed E-state index contributed by atoms with van der Waals surface area (Å²) in [5, 5.41) is 10.2. The van der Waals surface area contributed by atoms with Crippen LogP contribution in [0.15, 0.2) is 23.8 Å². The van der Waals surface area contributed by atoms with Crippen LogP contribution in [0.5, 0.6) is 0 Å². The van der Waals surface area contributed by atoms with Gasteiger partial charge in [0.15, 0.2) is 5.13 Å². The average molecular weight is 334 g/mol. The minimum absolute atomic E-state index is 0.00935. The van der Waals surface area contributed by atoms with Gasteiger partial charge in [0.2, 0.25) is 5.91 Å². The Balaban J connectivity index is 1.48. The highest BCUT2D eigenvalue weighted by Gasteiger charge is 2.20. The summed E-state index contributed by atoms with van der Waals surface area (Å²) in [7, 11) is 0. The molecule has 0 bridgehead atoms. The van der Waals surface area contributed by atoms with Gasteiger partial charge < -0.3 is 10.2 Å². The normalized spacial score (nSPS) is 16.0. The molecule has 1 fully saturated rings. The van der Waals surface area contributed by atoms with E-state index in [2.05, 4.69) is 25.2 Å². The van der Waals surface area contributed by atoms with E-state index in [-0.39, 0.29) is 11.9 Å². The smallest absolute Gasteiger partial charge is 0.239 e. The van der Waals surface area contributed by atoms with E-state index in [9.17, 15) is 4.79 Å². The number of anilines is 2. The first-order chi connectivity index (χ1) is 11.1. The van der Waals surface area contributed by atoms with E-state index in [1.807, 2.05) is 36.2 Å². The number of rotatable bonds is 5. The summed E-state index contributed by atoms with van der Waals surface area (Å²) in [6, 6.07) is 2.06. The zero-order valence-electron chi connectivity index (χ0n) is 13.5. The van der Waals surface area contributed by atoms with Gasteiger partial charge in [-0.1, -0.05) is 0 Å². The van der Waals surface area contributed by atoms with Crippen molar-refractivity contribution in [3.63, 3.8) is 0 Å². The summed E-state index contributed by atoms with van der Waals surface area (Å²) in [4.78, 5) is 21.0. The molecule has 1 amide bonds. The standard InChI is InChI=1S/C15H22N6OS/c1-12(2)21-13(3-4-17-21)18-14(22)11-19-6-8-20(9-7-19)15-16-5-10-23-15/h3-5,10,12H,6-9,11H2,1-2H3,(H,18,22). The van der Waals surface area contributed by atoms with E-state index < -0.39 is 0 Å². The lowest BCUT2D eigenvalue weighted by Gasteiger charge is -2.34. The van der Waals surface area contributed by atoms with Crippen molar-refractivity contribution in [2.24, 2.45) is 0 Å². The fraction of sp³-hybridized carbons (Fsp3) is 0.533. The van der Waals surface area contributed by atoms with E-state index in [4.69, 9.17) is 0 Å². The highest BCUT2D eigenvalue weighted by atomic mass is 32.1. The molecule has 0 aromatic carbocycles. The van der Waals surface area contributed by atoms with Crippen molar-refractivity contribution in [2.75, 3.05) is 42.9 Å². The number of carbonyl (C=O) groups is 1. The second-order valence-electron chi connectivity index (χ2n) is 5.88. The van der Waals surface area contributed by atoms with E-state index >= 15 is 0 Å². The summed E-state index contributed by atoms with van der Waals surface area (Å²) in [6.07, 6.45) is 3.54. The molecule has 0 unspecified atom stereocenters. The first-order valence-electron chi connectivity index (χ1n) is 7.83. The molecule has 2 aromatic rings. The SMILES string of the molecule is CC(C)n1nccc1NC(=O)CN1CCN(c2nccs2)CC1. The number of aromatic nitrogens is 3. The Morgan fingerprint density at radius 2 is 2.09 bits per heavy atom. The molecule has 0 saturated carbocycles. The van der Waals surface area contributed by atoms with Crippen molar-refractivity contribution >= 4 is 28.2 Å². The lowest BCUT2D eigenvalue weighted by molar-refractivity contribution is -0.117. The van der Waals surface area contributed by atoms with Gasteiger partial charge in [-0.25, -0.2) is 9.67 Å². The summed E-state index contributed by atoms with van der Waals surface area (Å²) >= 11 is 1.66. The van der Waals surface area contributed by atoms with Gasteiger partial charge in [0.05, 0.1) is 12.7 Å². The predicted molar refractivity (Wildman–Crippen MR) is 92.0 cm³/mol. The first-order valence-corrected chi connectivity index (χ1v) is 8.71. The highest BCUT2D eigenvalue weighted by Crippen LogP contribution is 2.19. The lowest BCUT2D eigenvalue weighted by Crippen LogP contribution is -2.48. The van der Waals surface area contributed by atoms with Crippen LogP contribution in [0, 0.1) is 0 Å². The van der Waals surface area contributed by atoms with E-state index in [1.54, 1.807) is 17.5 Å². The van der Waals surface area contributed by atoms with Crippen molar-refractivity contribution in [3.05, 3.63) is 23.8 Å². The largest absolute Gasteiger partial charge is 0.346 e. The van der Waals surface area contributed by atoms with E-state index in [0.29, 0.717) is 6.54 Å². The fourth-order valence-corrected chi connectivity index (χ4v) is 3.38.